The van der Waals surface area contributed by atoms with E-state index in [0.717, 1.165) is 13.8 Å². The largest absolute Gasteiger partial charge is 0.288 e. The number of hydrogen-bond donors (Lipinski definition) is 0. The Balaban J connectivity index is 2.36. The molecule has 100 valence electrons. The molecule has 0 radical (unpaired) electrons. The molecule has 0 saturated carbocycles. The second kappa shape index (κ2) is 5.51. The highest BCUT2D eigenvalue weighted by Crippen LogP contribution is 2.31. The molecule has 0 N–H and O–H groups in total. The summed E-state index contributed by atoms with van der Waals surface area (Å²) in [6, 6.07) is 9.59. The van der Waals surface area contributed by atoms with Gasteiger partial charge >= 0.3 is 0 Å². The van der Waals surface area contributed by atoms with Gasteiger partial charge in [-0.15, -0.1) is 11.3 Å². The molecule has 1 aromatic heterocycles. The van der Waals surface area contributed by atoms with Crippen molar-refractivity contribution in [1.29, 1.82) is 0 Å². The number of halogens is 2. The third-order valence-electron chi connectivity index (χ3n) is 2.69. The molecule has 0 aliphatic rings. The van der Waals surface area contributed by atoms with E-state index in [1.165, 1.54) is 4.88 Å². The van der Waals surface area contributed by atoms with E-state index in [-0.39, 0.29) is 11.2 Å². The Morgan fingerprint density at radius 2 is 1.63 bits per heavy atom. The summed E-state index contributed by atoms with van der Waals surface area (Å²) < 4.78 is 1.80. The van der Waals surface area contributed by atoms with E-state index in [1.807, 2.05) is 30.3 Å². The van der Waals surface area contributed by atoms with Gasteiger partial charge in [0.15, 0.2) is 0 Å². The number of benzene rings is 1. The zero-order valence-electron chi connectivity index (χ0n) is 11.0. The first-order valence-corrected chi connectivity index (χ1v) is 8.29. The number of thiophene rings is 1. The van der Waals surface area contributed by atoms with Crippen molar-refractivity contribution in [2.45, 2.75) is 26.2 Å². The van der Waals surface area contributed by atoms with Crippen molar-refractivity contribution in [3.8, 4) is 0 Å². The molecule has 4 heteroatoms. The van der Waals surface area contributed by atoms with E-state index in [4.69, 9.17) is 0 Å². The fourth-order valence-corrected chi connectivity index (χ4v) is 4.01. The lowest BCUT2D eigenvalue weighted by atomic mass is 9.95. The number of rotatable bonds is 2. The normalized spacial score (nSPS) is 11.6. The molecule has 0 unspecified atom stereocenters. The van der Waals surface area contributed by atoms with Gasteiger partial charge in [0.05, 0.1) is 4.88 Å². The first-order valence-electron chi connectivity index (χ1n) is 5.88. The zero-order chi connectivity index (χ0) is 14.2. The van der Waals surface area contributed by atoms with E-state index in [2.05, 4.69) is 52.6 Å². The second-order valence-electron chi connectivity index (χ2n) is 5.40. The van der Waals surface area contributed by atoms with Gasteiger partial charge in [0, 0.05) is 19.4 Å². The fourth-order valence-electron chi connectivity index (χ4n) is 1.69. The maximum atomic E-state index is 12.5. The predicted molar refractivity (Wildman–Crippen MR) is 88.3 cm³/mol. The molecule has 1 heterocycles. The van der Waals surface area contributed by atoms with Gasteiger partial charge in [-0.05, 0) is 35.7 Å². The van der Waals surface area contributed by atoms with Crippen LogP contribution in [0.15, 0.2) is 39.3 Å². The van der Waals surface area contributed by atoms with Gasteiger partial charge in [-0.3, -0.25) is 4.79 Å². The van der Waals surface area contributed by atoms with Gasteiger partial charge in [0.25, 0.3) is 0 Å². The molecule has 0 bridgehead atoms. The first kappa shape index (κ1) is 14.9. The van der Waals surface area contributed by atoms with Gasteiger partial charge in [-0.1, -0.05) is 52.6 Å². The Kier molecular flexibility index (Phi) is 4.33. The molecule has 0 amide bonds. The Morgan fingerprint density at radius 3 is 2.11 bits per heavy atom. The van der Waals surface area contributed by atoms with E-state index < -0.39 is 0 Å². The van der Waals surface area contributed by atoms with E-state index >= 15 is 0 Å². The van der Waals surface area contributed by atoms with E-state index in [9.17, 15) is 4.79 Å². The molecule has 0 aliphatic heterocycles. The monoisotopic (exact) mass is 400 g/mol. The molecular weight excluding hydrogens is 388 g/mol. The van der Waals surface area contributed by atoms with Crippen molar-refractivity contribution in [2.24, 2.45) is 0 Å². The van der Waals surface area contributed by atoms with Crippen LogP contribution >= 0.6 is 43.2 Å². The van der Waals surface area contributed by atoms with E-state index in [1.54, 1.807) is 11.3 Å². The highest BCUT2D eigenvalue weighted by molar-refractivity contribution is 9.11. The average molecular weight is 402 g/mol. The van der Waals surface area contributed by atoms with Crippen LogP contribution in [-0.2, 0) is 5.41 Å². The zero-order valence-corrected chi connectivity index (χ0v) is 14.9. The predicted octanol–water partition coefficient (Wildman–Crippen LogP) is 5.80. The molecule has 0 fully saturated rings. The van der Waals surface area contributed by atoms with Crippen molar-refractivity contribution < 1.29 is 4.79 Å². The van der Waals surface area contributed by atoms with Crippen molar-refractivity contribution in [1.82, 2.24) is 0 Å². The first-order chi connectivity index (χ1) is 8.77. The van der Waals surface area contributed by atoms with Gasteiger partial charge in [0.2, 0.25) is 5.78 Å². The summed E-state index contributed by atoms with van der Waals surface area (Å²) >= 11 is 8.40. The maximum absolute atomic E-state index is 12.5. The standard InChI is InChI=1S/C15H14Br2OS/c1-15(2,3)13-5-4-12(19-13)14(18)9-6-10(16)8-11(17)7-9/h4-8H,1-3H3. The van der Waals surface area contributed by atoms with Crippen LogP contribution in [0.1, 0.15) is 40.9 Å². The molecule has 0 atom stereocenters. The van der Waals surface area contributed by atoms with Crippen LogP contribution in [0, 0.1) is 0 Å². The summed E-state index contributed by atoms with van der Waals surface area (Å²) in [5, 5.41) is 0. The van der Waals surface area contributed by atoms with Crippen LogP contribution in [0.4, 0.5) is 0 Å². The molecular formula is C15H14Br2OS. The highest BCUT2D eigenvalue weighted by atomic mass is 79.9. The molecule has 2 rings (SSSR count). The number of hydrogen-bond acceptors (Lipinski definition) is 2. The van der Waals surface area contributed by atoms with Crippen LogP contribution in [-0.4, -0.2) is 5.78 Å². The van der Waals surface area contributed by atoms with Crippen LogP contribution < -0.4 is 0 Å². The SMILES string of the molecule is CC(C)(C)c1ccc(C(=O)c2cc(Br)cc(Br)c2)s1. The Bertz CT molecular complexity index is 603. The van der Waals surface area contributed by atoms with Crippen LogP contribution in [0.2, 0.25) is 0 Å². The van der Waals surface area contributed by atoms with Gasteiger partial charge in [-0.25, -0.2) is 0 Å². The van der Waals surface area contributed by atoms with Crippen LogP contribution in [0.25, 0.3) is 0 Å². The molecule has 1 nitrogen and oxygen atoms in total. The second-order valence-corrected chi connectivity index (χ2v) is 8.32. The number of carbonyl (C=O) groups excluding carboxylic acids is 1. The Hall–Kier alpha value is -0.450. The topological polar surface area (TPSA) is 17.1 Å². The lowest BCUT2D eigenvalue weighted by Crippen LogP contribution is -2.08. The fraction of sp³-hybridized carbons (Fsp3) is 0.267. The van der Waals surface area contributed by atoms with E-state index in [0.29, 0.717) is 5.56 Å². The number of carbonyl (C=O) groups is 1. The molecule has 19 heavy (non-hydrogen) atoms. The van der Waals surface area contributed by atoms with Crippen LogP contribution in [0.3, 0.4) is 0 Å². The maximum Gasteiger partial charge on any atom is 0.203 e. The smallest absolute Gasteiger partial charge is 0.203 e. The average Bonchev–Trinajstić information content (AvgIpc) is 2.75. The van der Waals surface area contributed by atoms with Crippen molar-refractivity contribution in [3.63, 3.8) is 0 Å². The molecule has 0 saturated heterocycles. The van der Waals surface area contributed by atoms with Gasteiger partial charge in [0.1, 0.15) is 0 Å². The summed E-state index contributed by atoms with van der Waals surface area (Å²) in [6.07, 6.45) is 0. The van der Waals surface area contributed by atoms with Gasteiger partial charge in [-0.2, -0.15) is 0 Å². The third-order valence-corrected chi connectivity index (χ3v) is 5.12. The minimum atomic E-state index is 0.0718. The minimum Gasteiger partial charge on any atom is -0.288 e. The quantitative estimate of drug-likeness (QED) is 0.581. The van der Waals surface area contributed by atoms with Gasteiger partial charge < -0.3 is 0 Å². The van der Waals surface area contributed by atoms with Crippen LogP contribution in [0.5, 0.6) is 0 Å². The van der Waals surface area contributed by atoms with Crippen molar-refractivity contribution >= 4 is 49.0 Å². The Morgan fingerprint density at radius 1 is 1.05 bits per heavy atom. The highest BCUT2D eigenvalue weighted by Gasteiger charge is 2.19. The summed E-state index contributed by atoms with van der Waals surface area (Å²) in [5.74, 6) is 0.0718. The lowest BCUT2D eigenvalue weighted by Gasteiger charge is -2.15. The summed E-state index contributed by atoms with van der Waals surface area (Å²) in [5.41, 5.74) is 0.782. The third kappa shape index (κ3) is 3.56. The summed E-state index contributed by atoms with van der Waals surface area (Å²) in [4.78, 5) is 14.5. The molecule has 0 spiro atoms. The molecule has 1 aromatic carbocycles. The summed E-state index contributed by atoms with van der Waals surface area (Å²) in [6.45, 7) is 6.47. The lowest BCUT2D eigenvalue weighted by molar-refractivity contribution is 0.104. The van der Waals surface area contributed by atoms with Crippen molar-refractivity contribution in [3.05, 3.63) is 54.6 Å². The molecule has 0 aliphatic carbocycles. The van der Waals surface area contributed by atoms with Crippen molar-refractivity contribution in [2.75, 3.05) is 0 Å². The molecule has 2 aromatic rings. The minimum absolute atomic E-state index is 0.0718. The number of ketones is 1. The summed E-state index contributed by atoms with van der Waals surface area (Å²) in [7, 11) is 0. The Labute approximate surface area is 134 Å².